The largest absolute Gasteiger partial charge is 0.324 e. The normalized spacial score (nSPS) is 14.9. The van der Waals surface area contributed by atoms with Gasteiger partial charge in [-0.25, -0.2) is 4.39 Å². The molecular formula is C16H27FN2. The standard InChI is InChI=1S/C16H27FN2/c1-5-10-19(12(2)3)11-13(4)16(18)14-8-6-7-9-15(14)17/h6-9,12-13,16H,5,10-11,18H2,1-4H3. The molecule has 2 atom stereocenters. The molecule has 0 saturated heterocycles. The first kappa shape index (κ1) is 16.1. The molecule has 0 bridgehead atoms. The molecule has 2 N–H and O–H groups in total. The van der Waals surface area contributed by atoms with Crippen LogP contribution in [0.5, 0.6) is 0 Å². The lowest BCUT2D eigenvalue weighted by Crippen LogP contribution is -2.38. The second-order valence-corrected chi connectivity index (χ2v) is 5.61. The lowest BCUT2D eigenvalue weighted by molar-refractivity contribution is 0.181. The Hall–Kier alpha value is -0.930. The topological polar surface area (TPSA) is 29.3 Å². The number of nitrogens with zero attached hydrogens (tertiary/aromatic N) is 1. The van der Waals surface area contributed by atoms with Crippen molar-refractivity contribution in [1.29, 1.82) is 0 Å². The molecule has 0 amide bonds. The number of hydrogen-bond acceptors (Lipinski definition) is 2. The summed E-state index contributed by atoms with van der Waals surface area (Å²) in [5, 5.41) is 0. The van der Waals surface area contributed by atoms with E-state index in [9.17, 15) is 4.39 Å². The van der Waals surface area contributed by atoms with Crippen molar-refractivity contribution in [1.82, 2.24) is 4.90 Å². The van der Waals surface area contributed by atoms with Gasteiger partial charge >= 0.3 is 0 Å². The molecule has 1 aromatic carbocycles. The van der Waals surface area contributed by atoms with E-state index in [1.54, 1.807) is 12.1 Å². The highest BCUT2D eigenvalue weighted by Crippen LogP contribution is 2.23. The van der Waals surface area contributed by atoms with E-state index in [2.05, 4.69) is 32.6 Å². The predicted molar refractivity (Wildman–Crippen MR) is 79.5 cm³/mol. The first-order chi connectivity index (χ1) is 8.97. The maximum atomic E-state index is 13.8. The van der Waals surface area contributed by atoms with E-state index < -0.39 is 0 Å². The van der Waals surface area contributed by atoms with E-state index in [-0.39, 0.29) is 17.8 Å². The van der Waals surface area contributed by atoms with Gasteiger partial charge in [0, 0.05) is 24.2 Å². The van der Waals surface area contributed by atoms with Crippen LogP contribution in [0.2, 0.25) is 0 Å². The Bertz CT molecular complexity index is 379. The number of rotatable bonds is 7. The van der Waals surface area contributed by atoms with E-state index in [1.807, 2.05) is 6.07 Å². The Morgan fingerprint density at radius 3 is 2.37 bits per heavy atom. The van der Waals surface area contributed by atoms with Gasteiger partial charge in [-0.2, -0.15) is 0 Å². The van der Waals surface area contributed by atoms with E-state index in [0.29, 0.717) is 11.6 Å². The number of nitrogens with two attached hydrogens (primary N) is 1. The fraction of sp³-hybridized carbons (Fsp3) is 0.625. The molecule has 0 spiro atoms. The smallest absolute Gasteiger partial charge is 0.127 e. The minimum atomic E-state index is -0.251. The highest BCUT2D eigenvalue weighted by molar-refractivity contribution is 5.21. The summed E-state index contributed by atoms with van der Waals surface area (Å²) < 4.78 is 13.8. The zero-order chi connectivity index (χ0) is 14.4. The summed E-state index contributed by atoms with van der Waals surface area (Å²) in [7, 11) is 0. The van der Waals surface area contributed by atoms with Crippen LogP contribution in [0.25, 0.3) is 0 Å². The van der Waals surface area contributed by atoms with Gasteiger partial charge in [-0.3, -0.25) is 0 Å². The lowest BCUT2D eigenvalue weighted by atomic mass is 9.94. The minimum Gasteiger partial charge on any atom is -0.324 e. The van der Waals surface area contributed by atoms with Crippen molar-refractivity contribution in [2.45, 2.75) is 46.2 Å². The van der Waals surface area contributed by atoms with Crippen LogP contribution in [0, 0.1) is 11.7 Å². The first-order valence-electron chi connectivity index (χ1n) is 7.21. The summed E-state index contributed by atoms with van der Waals surface area (Å²) in [5.41, 5.74) is 6.84. The van der Waals surface area contributed by atoms with Gasteiger partial charge in [0.05, 0.1) is 0 Å². The Morgan fingerprint density at radius 1 is 1.21 bits per heavy atom. The van der Waals surface area contributed by atoms with Crippen LogP contribution >= 0.6 is 0 Å². The average Bonchev–Trinajstić information content (AvgIpc) is 2.37. The number of benzene rings is 1. The Kier molecular flexibility index (Phi) is 6.46. The van der Waals surface area contributed by atoms with Crippen LogP contribution in [-0.4, -0.2) is 24.0 Å². The quantitative estimate of drug-likeness (QED) is 0.817. The van der Waals surface area contributed by atoms with Crippen molar-refractivity contribution in [2.24, 2.45) is 11.7 Å². The fourth-order valence-corrected chi connectivity index (χ4v) is 2.38. The SMILES string of the molecule is CCCN(CC(C)C(N)c1ccccc1F)C(C)C. The van der Waals surface area contributed by atoms with Crippen molar-refractivity contribution in [3.8, 4) is 0 Å². The lowest BCUT2D eigenvalue weighted by Gasteiger charge is -2.31. The molecule has 0 aliphatic rings. The molecule has 0 fully saturated rings. The summed E-state index contributed by atoms with van der Waals surface area (Å²) in [6, 6.07) is 7.06. The molecule has 0 aliphatic carbocycles. The van der Waals surface area contributed by atoms with Crippen molar-refractivity contribution in [3.63, 3.8) is 0 Å². The van der Waals surface area contributed by atoms with Crippen LogP contribution in [-0.2, 0) is 0 Å². The third-order valence-electron chi connectivity index (χ3n) is 3.64. The van der Waals surface area contributed by atoms with E-state index >= 15 is 0 Å². The average molecular weight is 266 g/mol. The van der Waals surface area contributed by atoms with Crippen LogP contribution in [0.4, 0.5) is 4.39 Å². The van der Waals surface area contributed by atoms with Crippen LogP contribution in [0.1, 0.15) is 45.7 Å². The Balaban J connectivity index is 2.71. The molecule has 19 heavy (non-hydrogen) atoms. The monoisotopic (exact) mass is 266 g/mol. The molecule has 0 aromatic heterocycles. The minimum absolute atomic E-state index is 0.201. The van der Waals surface area contributed by atoms with Gasteiger partial charge in [0.2, 0.25) is 0 Å². The summed E-state index contributed by atoms with van der Waals surface area (Å²) >= 11 is 0. The number of halogens is 1. The van der Waals surface area contributed by atoms with Crippen LogP contribution in [0.15, 0.2) is 24.3 Å². The molecular weight excluding hydrogens is 239 g/mol. The summed E-state index contributed by atoms with van der Waals surface area (Å²) in [5.74, 6) is 0.0271. The molecule has 2 nitrogen and oxygen atoms in total. The second kappa shape index (κ2) is 7.61. The van der Waals surface area contributed by atoms with Gasteiger partial charge < -0.3 is 10.6 Å². The molecule has 1 aromatic rings. The number of hydrogen-bond donors (Lipinski definition) is 1. The predicted octanol–water partition coefficient (Wildman–Crippen LogP) is 3.58. The van der Waals surface area contributed by atoms with Crippen molar-refractivity contribution < 1.29 is 4.39 Å². The van der Waals surface area contributed by atoms with Crippen molar-refractivity contribution in [3.05, 3.63) is 35.6 Å². The van der Waals surface area contributed by atoms with E-state index in [0.717, 1.165) is 19.5 Å². The molecule has 0 saturated carbocycles. The van der Waals surface area contributed by atoms with Crippen molar-refractivity contribution in [2.75, 3.05) is 13.1 Å². The molecule has 0 radical (unpaired) electrons. The van der Waals surface area contributed by atoms with Gasteiger partial charge in [-0.05, 0) is 38.8 Å². The third-order valence-corrected chi connectivity index (χ3v) is 3.64. The van der Waals surface area contributed by atoms with Gasteiger partial charge in [-0.15, -0.1) is 0 Å². The first-order valence-corrected chi connectivity index (χ1v) is 7.21. The van der Waals surface area contributed by atoms with Gasteiger partial charge in [0.1, 0.15) is 5.82 Å². The van der Waals surface area contributed by atoms with Gasteiger partial charge in [-0.1, -0.05) is 32.0 Å². The van der Waals surface area contributed by atoms with Crippen molar-refractivity contribution >= 4 is 0 Å². The maximum absolute atomic E-state index is 13.8. The maximum Gasteiger partial charge on any atom is 0.127 e. The van der Waals surface area contributed by atoms with Gasteiger partial charge in [0.25, 0.3) is 0 Å². The molecule has 3 heteroatoms. The van der Waals surface area contributed by atoms with E-state index in [4.69, 9.17) is 5.73 Å². The summed E-state index contributed by atoms with van der Waals surface area (Å²) in [4.78, 5) is 2.41. The fourth-order valence-electron chi connectivity index (χ4n) is 2.38. The highest BCUT2D eigenvalue weighted by Gasteiger charge is 2.21. The van der Waals surface area contributed by atoms with Crippen LogP contribution < -0.4 is 5.73 Å². The zero-order valence-corrected chi connectivity index (χ0v) is 12.6. The summed E-state index contributed by atoms with van der Waals surface area (Å²) in [6.45, 7) is 10.6. The molecule has 2 unspecified atom stereocenters. The Labute approximate surface area is 116 Å². The van der Waals surface area contributed by atoms with Gasteiger partial charge in [0.15, 0.2) is 0 Å². The molecule has 0 heterocycles. The highest BCUT2D eigenvalue weighted by atomic mass is 19.1. The Morgan fingerprint density at radius 2 is 1.84 bits per heavy atom. The summed E-state index contributed by atoms with van der Waals surface area (Å²) in [6.07, 6.45) is 1.12. The third kappa shape index (κ3) is 4.59. The second-order valence-electron chi connectivity index (χ2n) is 5.61. The zero-order valence-electron chi connectivity index (χ0n) is 12.6. The molecule has 108 valence electrons. The molecule has 0 aliphatic heterocycles. The molecule has 1 rings (SSSR count). The van der Waals surface area contributed by atoms with E-state index in [1.165, 1.54) is 6.07 Å². The van der Waals surface area contributed by atoms with Crippen LogP contribution in [0.3, 0.4) is 0 Å².